The van der Waals surface area contributed by atoms with Gasteiger partial charge in [0.05, 0.1) is 6.10 Å². The number of nitrogens with zero attached hydrogens (tertiary/aromatic N) is 2. The fourth-order valence-corrected chi connectivity index (χ4v) is 3.25. The lowest BCUT2D eigenvalue weighted by Gasteiger charge is -2.33. The highest BCUT2D eigenvalue weighted by atomic mass is 16.5. The summed E-state index contributed by atoms with van der Waals surface area (Å²) < 4.78 is 5.49. The summed E-state index contributed by atoms with van der Waals surface area (Å²) in [5, 5.41) is 2.97. The van der Waals surface area contributed by atoms with E-state index >= 15 is 0 Å². The van der Waals surface area contributed by atoms with Crippen LogP contribution in [0.15, 0.2) is 48.5 Å². The van der Waals surface area contributed by atoms with Crippen LogP contribution in [0, 0.1) is 0 Å². The summed E-state index contributed by atoms with van der Waals surface area (Å²) in [6.07, 6.45) is 2.55. The normalized spacial score (nSPS) is 17.0. The second-order valence-electron chi connectivity index (χ2n) is 6.89. The minimum atomic E-state index is -0.0983. The number of hydrogen-bond donors (Lipinski definition) is 1. The van der Waals surface area contributed by atoms with Crippen molar-refractivity contribution in [3.8, 4) is 0 Å². The molecule has 1 amide bonds. The van der Waals surface area contributed by atoms with Gasteiger partial charge in [0.15, 0.2) is 0 Å². The first-order valence-electron chi connectivity index (χ1n) is 9.03. The molecule has 1 unspecified atom stereocenters. The molecule has 1 N–H and O–H groups in total. The predicted octanol–water partition coefficient (Wildman–Crippen LogP) is 3.62. The number of amides is 1. The molecule has 0 radical (unpaired) electrons. The van der Waals surface area contributed by atoms with Crippen LogP contribution in [0.4, 0.5) is 17.1 Å². The van der Waals surface area contributed by atoms with Crippen molar-refractivity contribution in [2.45, 2.75) is 18.9 Å². The van der Waals surface area contributed by atoms with Gasteiger partial charge in [-0.2, -0.15) is 0 Å². The van der Waals surface area contributed by atoms with E-state index in [-0.39, 0.29) is 5.91 Å². The molecule has 0 bridgehead atoms. The van der Waals surface area contributed by atoms with Crippen LogP contribution in [0.2, 0.25) is 0 Å². The van der Waals surface area contributed by atoms with Gasteiger partial charge in [-0.05, 0) is 55.3 Å². The van der Waals surface area contributed by atoms with Gasteiger partial charge in [0.2, 0.25) is 0 Å². The smallest absolute Gasteiger partial charge is 0.255 e. The van der Waals surface area contributed by atoms with Crippen molar-refractivity contribution in [3.05, 3.63) is 54.1 Å². The lowest BCUT2D eigenvalue weighted by atomic mass is 10.1. The van der Waals surface area contributed by atoms with Gasteiger partial charge < -0.3 is 19.9 Å². The number of methoxy groups -OCH3 is 1. The highest BCUT2D eigenvalue weighted by Gasteiger charge is 2.19. The number of hydrogen-bond acceptors (Lipinski definition) is 4. The lowest BCUT2D eigenvalue weighted by molar-refractivity contribution is 0.0893. The topological polar surface area (TPSA) is 44.8 Å². The third-order valence-electron chi connectivity index (χ3n) is 4.83. The second-order valence-corrected chi connectivity index (χ2v) is 6.89. The molecule has 26 heavy (non-hydrogen) atoms. The van der Waals surface area contributed by atoms with Crippen LogP contribution in [0.5, 0.6) is 0 Å². The third-order valence-corrected chi connectivity index (χ3v) is 4.83. The first-order valence-corrected chi connectivity index (χ1v) is 9.03. The molecule has 1 aliphatic rings. The Morgan fingerprint density at radius 2 is 1.96 bits per heavy atom. The molecule has 1 atom stereocenters. The summed E-state index contributed by atoms with van der Waals surface area (Å²) in [6, 6.07) is 15.6. The molecule has 2 aromatic rings. The van der Waals surface area contributed by atoms with Gasteiger partial charge in [0.25, 0.3) is 5.91 Å². The highest BCUT2D eigenvalue weighted by Crippen LogP contribution is 2.23. The average Bonchev–Trinajstić information content (AvgIpc) is 2.68. The van der Waals surface area contributed by atoms with Crippen molar-refractivity contribution in [2.24, 2.45) is 0 Å². The van der Waals surface area contributed by atoms with Gasteiger partial charge in [0.1, 0.15) is 0 Å². The minimum absolute atomic E-state index is 0.0983. The van der Waals surface area contributed by atoms with Gasteiger partial charge >= 0.3 is 0 Å². The monoisotopic (exact) mass is 353 g/mol. The number of piperidine rings is 1. The maximum absolute atomic E-state index is 12.5. The molecule has 2 aromatic carbocycles. The largest absolute Gasteiger partial charge is 0.380 e. The van der Waals surface area contributed by atoms with E-state index in [0.29, 0.717) is 11.7 Å². The zero-order valence-electron chi connectivity index (χ0n) is 15.7. The maximum Gasteiger partial charge on any atom is 0.255 e. The third kappa shape index (κ3) is 4.35. The van der Waals surface area contributed by atoms with Gasteiger partial charge in [-0.1, -0.05) is 6.07 Å². The fraction of sp³-hybridized carbons (Fsp3) is 0.381. The van der Waals surface area contributed by atoms with Crippen LogP contribution >= 0.6 is 0 Å². The second kappa shape index (κ2) is 8.23. The number of ether oxygens (including phenoxy) is 1. The van der Waals surface area contributed by atoms with E-state index in [9.17, 15) is 4.79 Å². The highest BCUT2D eigenvalue weighted by molar-refractivity contribution is 6.04. The fourth-order valence-electron chi connectivity index (χ4n) is 3.25. The van der Waals surface area contributed by atoms with E-state index in [4.69, 9.17) is 4.74 Å². The van der Waals surface area contributed by atoms with E-state index < -0.39 is 0 Å². The molecule has 5 nitrogen and oxygen atoms in total. The molecule has 0 saturated carbocycles. The van der Waals surface area contributed by atoms with Crippen molar-refractivity contribution in [3.63, 3.8) is 0 Å². The van der Waals surface area contributed by atoms with Crippen molar-refractivity contribution >= 4 is 23.0 Å². The Morgan fingerprint density at radius 1 is 1.19 bits per heavy atom. The summed E-state index contributed by atoms with van der Waals surface area (Å²) in [6.45, 7) is 1.96. The maximum atomic E-state index is 12.5. The molecule has 0 aliphatic carbocycles. The zero-order chi connectivity index (χ0) is 18.5. The number of nitrogens with one attached hydrogen (secondary N) is 1. The quantitative estimate of drug-likeness (QED) is 0.892. The number of benzene rings is 2. The minimum Gasteiger partial charge on any atom is -0.380 e. The first-order chi connectivity index (χ1) is 12.6. The van der Waals surface area contributed by atoms with E-state index in [2.05, 4.69) is 22.3 Å². The predicted molar refractivity (Wildman–Crippen MR) is 107 cm³/mol. The molecular weight excluding hydrogens is 326 g/mol. The van der Waals surface area contributed by atoms with Gasteiger partial charge in [-0.15, -0.1) is 0 Å². The van der Waals surface area contributed by atoms with E-state index in [1.165, 1.54) is 5.69 Å². The molecule has 1 saturated heterocycles. The van der Waals surface area contributed by atoms with Crippen LogP contribution < -0.4 is 15.1 Å². The Morgan fingerprint density at radius 3 is 2.65 bits per heavy atom. The zero-order valence-corrected chi connectivity index (χ0v) is 15.7. The number of carbonyl (C=O) groups is 1. The Balaban J connectivity index is 1.65. The van der Waals surface area contributed by atoms with Crippen LogP contribution in [0.3, 0.4) is 0 Å². The van der Waals surface area contributed by atoms with Crippen molar-refractivity contribution < 1.29 is 9.53 Å². The Labute approximate surface area is 155 Å². The van der Waals surface area contributed by atoms with Crippen LogP contribution in [0.25, 0.3) is 0 Å². The molecule has 0 spiro atoms. The number of rotatable bonds is 5. The number of carbonyl (C=O) groups excluding carboxylic acids is 1. The lowest BCUT2D eigenvalue weighted by Crippen LogP contribution is -2.39. The molecule has 1 heterocycles. The van der Waals surface area contributed by atoms with Crippen LogP contribution in [0.1, 0.15) is 23.2 Å². The van der Waals surface area contributed by atoms with Crippen molar-refractivity contribution in [1.82, 2.24) is 0 Å². The summed E-state index contributed by atoms with van der Waals surface area (Å²) in [7, 11) is 5.70. The Bertz CT molecular complexity index is 743. The Hall–Kier alpha value is -2.53. The summed E-state index contributed by atoms with van der Waals surface area (Å²) >= 11 is 0. The van der Waals surface area contributed by atoms with Crippen LogP contribution in [-0.4, -0.2) is 46.3 Å². The summed E-state index contributed by atoms with van der Waals surface area (Å²) in [5.74, 6) is -0.0983. The van der Waals surface area contributed by atoms with Crippen molar-refractivity contribution in [2.75, 3.05) is 49.4 Å². The summed E-state index contributed by atoms with van der Waals surface area (Å²) in [5.41, 5.74) is 3.62. The molecule has 0 aromatic heterocycles. The molecular formula is C21H27N3O2. The van der Waals surface area contributed by atoms with E-state index in [1.54, 1.807) is 7.11 Å². The van der Waals surface area contributed by atoms with Gasteiger partial charge in [-0.25, -0.2) is 0 Å². The number of anilines is 3. The standard InChI is InChI=1S/C21H27N3O2/c1-23(2)19-7-4-6-16(14-19)21(25)22-17-9-11-18(12-10-17)24-13-5-8-20(15-24)26-3/h4,6-7,9-12,14,20H,5,8,13,15H2,1-3H3,(H,22,25). The molecule has 1 fully saturated rings. The molecule has 5 heteroatoms. The molecule has 3 rings (SSSR count). The SMILES string of the molecule is COC1CCCN(c2ccc(NC(=O)c3cccc(N(C)C)c3)cc2)C1. The first kappa shape index (κ1) is 18.3. The van der Waals surface area contributed by atoms with Crippen LogP contribution in [-0.2, 0) is 4.74 Å². The van der Waals surface area contributed by atoms with E-state index in [0.717, 1.165) is 37.3 Å². The van der Waals surface area contributed by atoms with Gasteiger partial charge in [0, 0.05) is 56.9 Å². The molecule has 1 aliphatic heterocycles. The van der Waals surface area contributed by atoms with E-state index in [1.807, 2.05) is 55.4 Å². The Kier molecular flexibility index (Phi) is 5.78. The van der Waals surface area contributed by atoms with Crippen molar-refractivity contribution in [1.29, 1.82) is 0 Å². The molecule has 138 valence electrons. The van der Waals surface area contributed by atoms with Gasteiger partial charge in [-0.3, -0.25) is 4.79 Å². The summed E-state index contributed by atoms with van der Waals surface area (Å²) in [4.78, 5) is 16.8. The average molecular weight is 353 g/mol.